The van der Waals surface area contributed by atoms with Gasteiger partial charge >= 0.3 is 0 Å². The van der Waals surface area contributed by atoms with Crippen LogP contribution in [0.3, 0.4) is 0 Å². The third-order valence-corrected chi connectivity index (χ3v) is 3.82. The lowest BCUT2D eigenvalue weighted by Gasteiger charge is -2.33. The number of hydrogen-bond donors (Lipinski definition) is 0. The Hall–Kier alpha value is -1.06. The number of ether oxygens (including phenoxy) is 1. The molecule has 1 fully saturated rings. The Kier molecular flexibility index (Phi) is 5.67. The monoisotopic (exact) mass is 262 g/mol. The summed E-state index contributed by atoms with van der Waals surface area (Å²) in [5.41, 5.74) is 1.28. The second kappa shape index (κ2) is 7.51. The average Bonchev–Trinajstić information content (AvgIpc) is 2.46. The van der Waals surface area contributed by atoms with E-state index >= 15 is 0 Å². The minimum atomic E-state index is 0.817. The van der Waals surface area contributed by atoms with Crippen molar-refractivity contribution in [2.24, 2.45) is 0 Å². The van der Waals surface area contributed by atoms with E-state index in [1.165, 1.54) is 38.3 Å². The maximum atomic E-state index is 5.76. The predicted octanol–water partition coefficient (Wildman–Crippen LogP) is 2.40. The number of rotatable bonds is 6. The third-order valence-electron chi connectivity index (χ3n) is 3.82. The first-order valence-corrected chi connectivity index (χ1v) is 7.42. The molecule has 3 nitrogen and oxygen atoms in total. The number of nitrogens with zero attached hydrogens (tertiary/aromatic N) is 2. The molecular weight excluding hydrogens is 236 g/mol. The molecule has 1 aromatic carbocycles. The Morgan fingerprint density at radius 2 is 1.63 bits per heavy atom. The van der Waals surface area contributed by atoms with Crippen molar-refractivity contribution in [1.82, 2.24) is 9.80 Å². The van der Waals surface area contributed by atoms with Gasteiger partial charge in [-0.2, -0.15) is 0 Å². The van der Waals surface area contributed by atoms with E-state index in [9.17, 15) is 0 Å². The molecule has 3 heteroatoms. The molecule has 106 valence electrons. The molecule has 0 bridgehead atoms. The Balaban J connectivity index is 1.58. The van der Waals surface area contributed by atoms with Gasteiger partial charge in [-0.25, -0.2) is 0 Å². The second-order valence-electron chi connectivity index (χ2n) is 5.29. The van der Waals surface area contributed by atoms with Crippen LogP contribution in [-0.4, -0.2) is 55.7 Å². The summed E-state index contributed by atoms with van der Waals surface area (Å²) in [7, 11) is 0. The summed E-state index contributed by atoms with van der Waals surface area (Å²) in [5, 5.41) is 0. The summed E-state index contributed by atoms with van der Waals surface area (Å²) in [6, 6.07) is 8.29. The molecule has 0 radical (unpaired) electrons. The zero-order chi connectivity index (χ0) is 13.5. The third kappa shape index (κ3) is 4.84. The van der Waals surface area contributed by atoms with Crippen LogP contribution < -0.4 is 4.74 Å². The molecule has 0 atom stereocenters. The van der Waals surface area contributed by atoms with Crippen molar-refractivity contribution in [3.63, 3.8) is 0 Å². The zero-order valence-electron chi connectivity index (χ0n) is 12.3. The topological polar surface area (TPSA) is 15.7 Å². The van der Waals surface area contributed by atoms with Crippen LogP contribution in [0.15, 0.2) is 24.3 Å². The minimum absolute atomic E-state index is 0.817. The quantitative estimate of drug-likeness (QED) is 0.732. The number of benzene rings is 1. The molecule has 0 spiro atoms. The van der Waals surface area contributed by atoms with E-state index in [-0.39, 0.29) is 0 Å². The van der Waals surface area contributed by atoms with E-state index in [0.717, 1.165) is 25.3 Å². The Morgan fingerprint density at radius 3 is 2.26 bits per heavy atom. The lowest BCUT2D eigenvalue weighted by Crippen LogP contribution is -2.46. The van der Waals surface area contributed by atoms with Gasteiger partial charge in [-0.05, 0) is 32.0 Å². The molecule has 1 aromatic rings. The predicted molar refractivity (Wildman–Crippen MR) is 79.8 cm³/mol. The highest BCUT2D eigenvalue weighted by atomic mass is 16.5. The number of piperazine rings is 1. The molecule has 1 aliphatic rings. The highest BCUT2D eigenvalue weighted by molar-refractivity contribution is 5.26. The van der Waals surface area contributed by atoms with Crippen LogP contribution in [0, 0.1) is 6.92 Å². The second-order valence-corrected chi connectivity index (χ2v) is 5.29. The Bertz CT molecular complexity index is 356. The maximum Gasteiger partial charge on any atom is 0.119 e. The molecule has 1 aliphatic heterocycles. The molecule has 0 unspecified atom stereocenters. The number of hydrogen-bond acceptors (Lipinski definition) is 3. The minimum Gasteiger partial charge on any atom is -0.494 e. The van der Waals surface area contributed by atoms with Crippen LogP contribution in [-0.2, 0) is 0 Å². The first-order chi connectivity index (χ1) is 9.28. The van der Waals surface area contributed by atoms with Crippen LogP contribution in [0.2, 0.25) is 0 Å². The van der Waals surface area contributed by atoms with Gasteiger partial charge in [0.1, 0.15) is 5.75 Å². The average molecular weight is 262 g/mol. The summed E-state index contributed by atoms with van der Waals surface area (Å²) in [4.78, 5) is 5.06. The van der Waals surface area contributed by atoms with Gasteiger partial charge in [-0.1, -0.05) is 24.6 Å². The van der Waals surface area contributed by atoms with Crippen molar-refractivity contribution in [3.05, 3.63) is 29.8 Å². The van der Waals surface area contributed by atoms with Gasteiger partial charge < -0.3 is 14.5 Å². The van der Waals surface area contributed by atoms with Crippen LogP contribution in [0.25, 0.3) is 0 Å². The van der Waals surface area contributed by atoms with Crippen molar-refractivity contribution in [3.8, 4) is 5.75 Å². The van der Waals surface area contributed by atoms with Crippen molar-refractivity contribution in [2.75, 3.05) is 45.9 Å². The number of aryl methyl sites for hydroxylation is 1. The molecule has 19 heavy (non-hydrogen) atoms. The smallest absolute Gasteiger partial charge is 0.119 e. The van der Waals surface area contributed by atoms with E-state index in [1.807, 2.05) is 0 Å². The van der Waals surface area contributed by atoms with Crippen LogP contribution in [0.5, 0.6) is 5.75 Å². The molecule has 0 aliphatic carbocycles. The summed E-state index contributed by atoms with van der Waals surface area (Å²) >= 11 is 0. The number of likely N-dealkylation sites (N-methyl/N-ethyl adjacent to an activating group) is 1. The summed E-state index contributed by atoms with van der Waals surface area (Å²) in [6.07, 6.45) is 1.11. The fourth-order valence-electron chi connectivity index (χ4n) is 2.44. The molecular formula is C16H26N2O. The lowest BCUT2D eigenvalue weighted by atomic mass is 10.2. The fourth-order valence-corrected chi connectivity index (χ4v) is 2.44. The maximum absolute atomic E-state index is 5.76. The highest BCUT2D eigenvalue weighted by Crippen LogP contribution is 2.11. The summed E-state index contributed by atoms with van der Waals surface area (Å²) < 4.78 is 5.76. The van der Waals surface area contributed by atoms with Crippen LogP contribution in [0.4, 0.5) is 0 Å². The van der Waals surface area contributed by atoms with Gasteiger partial charge in [-0.3, -0.25) is 0 Å². The first kappa shape index (κ1) is 14.4. The SMILES string of the molecule is CCN1CCN(CCCOc2ccc(C)cc2)CC1. The van der Waals surface area contributed by atoms with E-state index in [1.54, 1.807) is 0 Å². The van der Waals surface area contributed by atoms with Gasteiger partial charge in [0.15, 0.2) is 0 Å². The Labute approximate surface area is 117 Å². The zero-order valence-corrected chi connectivity index (χ0v) is 12.3. The Morgan fingerprint density at radius 1 is 1.00 bits per heavy atom. The van der Waals surface area contributed by atoms with Crippen molar-refractivity contribution < 1.29 is 4.74 Å². The van der Waals surface area contributed by atoms with E-state index in [2.05, 4.69) is 47.9 Å². The van der Waals surface area contributed by atoms with E-state index in [4.69, 9.17) is 4.74 Å². The van der Waals surface area contributed by atoms with Crippen molar-refractivity contribution in [1.29, 1.82) is 0 Å². The molecule has 0 amide bonds. The first-order valence-electron chi connectivity index (χ1n) is 7.42. The largest absolute Gasteiger partial charge is 0.494 e. The van der Waals surface area contributed by atoms with Gasteiger partial charge in [0.25, 0.3) is 0 Å². The van der Waals surface area contributed by atoms with E-state index in [0.29, 0.717) is 0 Å². The van der Waals surface area contributed by atoms with Gasteiger partial charge in [0.05, 0.1) is 6.61 Å². The molecule has 0 aromatic heterocycles. The summed E-state index contributed by atoms with van der Waals surface area (Å²) in [6.45, 7) is 12.3. The van der Waals surface area contributed by atoms with Crippen molar-refractivity contribution >= 4 is 0 Å². The fraction of sp³-hybridized carbons (Fsp3) is 0.625. The van der Waals surface area contributed by atoms with E-state index < -0.39 is 0 Å². The molecule has 1 heterocycles. The summed E-state index contributed by atoms with van der Waals surface area (Å²) in [5.74, 6) is 0.987. The van der Waals surface area contributed by atoms with Gasteiger partial charge in [0, 0.05) is 32.7 Å². The molecule has 1 saturated heterocycles. The molecule has 2 rings (SSSR count). The van der Waals surface area contributed by atoms with Crippen LogP contribution in [0.1, 0.15) is 18.9 Å². The van der Waals surface area contributed by atoms with Crippen molar-refractivity contribution in [2.45, 2.75) is 20.3 Å². The molecule has 0 N–H and O–H groups in total. The highest BCUT2D eigenvalue weighted by Gasteiger charge is 2.14. The normalized spacial score (nSPS) is 17.6. The van der Waals surface area contributed by atoms with Gasteiger partial charge in [-0.15, -0.1) is 0 Å². The lowest BCUT2D eigenvalue weighted by molar-refractivity contribution is 0.130. The molecule has 0 saturated carbocycles. The standard InChI is InChI=1S/C16H26N2O/c1-3-17-10-12-18(13-11-17)9-4-14-19-16-7-5-15(2)6-8-16/h5-8H,3-4,9-14H2,1-2H3. The van der Waals surface area contributed by atoms with Crippen LogP contribution >= 0.6 is 0 Å². The van der Waals surface area contributed by atoms with Gasteiger partial charge in [0.2, 0.25) is 0 Å².